The van der Waals surface area contributed by atoms with Crippen molar-refractivity contribution >= 4 is 22.8 Å². The molecule has 10 heteroatoms. The maximum atomic E-state index is 13.1. The van der Waals surface area contributed by atoms with E-state index in [1.807, 2.05) is 13.8 Å². The van der Waals surface area contributed by atoms with Crippen molar-refractivity contribution < 1.29 is 24.5 Å². The lowest BCUT2D eigenvalue weighted by Crippen LogP contribution is -2.32. The van der Waals surface area contributed by atoms with Gasteiger partial charge in [0.25, 0.3) is 5.56 Å². The Kier molecular flexibility index (Phi) is 7.96. The summed E-state index contributed by atoms with van der Waals surface area (Å²) < 4.78 is 6.69. The van der Waals surface area contributed by atoms with Gasteiger partial charge >= 0.3 is 5.97 Å². The van der Waals surface area contributed by atoms with E-state index in [-0.39, 0.29) is 31.3 Å². The van der Waals surface area contributed by atoms with Crippen molar-refractivity contribution in [2.24, 2.45) is 5.73 Å². The first kappa shape index (κ1) is 27.4. The minimum atomic E-state index is -1.42. The number of hydrogen-bond donors (Lipinski definition) is 4. The van der Waals surface area contributed by atoms with Crippen LogP contribution in [0.25, 0.3) is 22.3 Å². The molecule has 10 nitrogen and oxygen atoms in total. The van der Waals surface area contributed by atoms with Crippen LogP contribution in [0.5, 0.6) is 0 Å². The van der Waals surface area contributed by atoms with Gasteiger partial charge in [0.05, 0.1) is 35.6 Å². The van der Waals surface area contributed by atoms with Gasteiger partial charge in [-0.1, -0.05) is 13.8 Å². The summed E-state index contributed by atoms with van der Waals surface area (Å²) in [4.78, 5) is 39.9. The number of carbonyl (C=O) groups excluding carboxylic acids is 2. The van der Waals surface area contributed by atoms with Gasteiger partial charge in [-0.05, 0) is 67.5 Å². The van der Waals surface area contributed by atoms with Crippen LogP contribution in [0.4, 0.5) is 0 Å². The number of hydrogen-bond acceptors (Lipinski definition) is 8. The van der Waals surface area contributed by atoms with E-state index in [4.69, 9.17) is 20.6 Å². The molecule has 0 saturated heterocycles. The number of aliphatic hydroxyl groups excluding tert-OH is 2. The number of carbonyl (C=O) groups is 2. The highest BCUT2D eigenvalue weighted by Crippen LogP contribution is 2.42. The van der Waals surface area contributed by atoms with Gasteiger partial charge in [0.2, 0.25) is 5.91 Å². The van der Waals surface area contributed by atoms with Gasteiger partial charge in [-0.15, -0.1) is 0 Å². The number of rotatable bonds is 2. The molecule has 1 atom stereocenters. The van der Waals surface area contributed by atoms with Crippen molar-refractivity contribution in [1.29, 1.82) is 0 Å². The zero-order valence-electron chi connectivity index (χ0n) is 22.2. The summed E-state index contributed by atoms with van der Waals surface area (Å²) in [6.07, 6.45) is 1.70. The summed E-state index contributed by atoms with van der Waals surface area (Å²) in [6, 6.07) is 3.89. The van der Waals surface area contributed by atoms with Crippen LogP contribution in [-0.4, -0.2) is 44.9 Å². The number of pyridine rings is 2. The fraction of sp³-hybridized carbons (Fsp3) is 0.429. The standard InChI is InChI=1S/C23H20N2O4.C3H8N2O2.C2H6/c1-10-6-17-19-12(11(10)2)4-3-5-13(19)15-8-25-18(20(15)24-17)7-14-16(22(25)27)9-29-23(28)21(14)26;4-1-3(7)5-2-6;1-2/h6-7,21,26H,3-5,8-9H2,1-2H3;6H,1-2,4H2,(H,5,7);1-2H3. The number of esters is 1. The number of benzene rings is 1. The monoisotopic (exact) mass is 522 g/mol. The molecular weight excluding hydrogens is 488 g/mol. The van der Waals surface area contributed by atoms with E-state index >= 15 is 0 Å². The zero-order chi connectivity index (χ0) is 27.7. The summed E-state index contributed by atoms with van der Waals surface area (Å²) in [5.41, 5.74) is 14.1. The molecule has 0 bridgehead atoms. The van der Waals surface area contributed by atoms with E-state index in [1.165, 1.54) is 27.6 Å². The van der Waals surface area contributed by atoms with Crippen LogP contribution >= 0.6 is 0 Å². The minimum Gasteiger partial charge on any atom is -0.458 e. The molecule has 38 heavy (non-hydrogen) atoms. The Balaban J connectivity index is 0.000000328. The molecule has 202 valence electrons. The summed E-state index contributed by atoms with van der Waals surface area (Å²) >= 11 is 0. The Morgan fingerprint density at radius 2 is 1.87 bits per heavy atom. The summed E-state index contributed by atoms with van der Waals surface area (Å²) in [6.45, 7) is 8.27. The van der Waals surface area contributed by atoms with Crippen molar-refractivity contribution in [2.75, 3.05) is 13.3 Å². The van der Waals surface area contributed by atoms with Gasteiger partial charge in [0.15, 0.2) is 6.10 Å². The molecule has 0 saturated carbocycles. The molecule has 1 unspecified atom stereocenters. The number of aliphatic hydroxyl groups is 2. The van der Waals surface area contributed by atoms with Crippen molar-refractivity contribution in [3.8, 4) is 11.4 Å². The highest BCUT2D eigenvalue weighted by Gasteiger charge is 2.35. The number of aryl methyl sites for hydroxylation is 3. The van der Waals surface area contributed by atoms with Gasteiger partial charge in [0, 0.05) is 16.5 Å². The third-order valence-corrected chi connectivity index (χ3v) is 7.32. The molecule has 3 aromatic rings. The quantitative estimate of drug-likeness (QED) is 0.229. The molecule has 0 fully saturated rings. The van der Waals surface area contributed by atoms with Crippen LogP contribution in [0.15, 0.2) is 16.9 Å². The number of nitrogens with two attached hydrogens (primary N) is 1. The maximum Gasteiger partial charge on any atom is 0.340 e. The van der Waals surface area contributed by atoms with Crippen LogP contribution in [-0.2, 0) is 40.3 Å². The van der Waals surface area contributed by atoms with E-state index in [2.05, 4.69) is 25.2 Å². The van der Waals surface area contributed by atoms with Crippen molar-refractivity contribution in [1.82, 2.24) is 14.9 Å². The van der Waals surface area contributed by atoms with E-state index in [9.17, 15) is 19.5 Å². The number of ether oxygens (including phenoxy) is 1. The fourth-order valence-corrected chi connectivity index (χ4v) is 5.40. The number of fused-ring (bicyclic) bond motifs is 5. The smallest absolute Gasteiger partial charge is 0.340 e. The van der Waals surface area contributed by atoms with E-state index in [0.29, 0.717) is 23.4 Å². The molecule has 1 aliphatic carbocycles. The van der Waals surface area contributed by atoms with Crippen molar-refractivity contribution in [3.05, 3.63) is 61.4 Å². The summed E-state index contributed by atoms with van der Waals surface area (Å²) in [7, 11) is 0. The molecular formula is C28H34N4O6. The molecule has 2 aliphatic heterocycles. The lowest BCUT2D eigenvalue weighted by molar-refractivity contribution is -0.157. The van der Waals surface area contributed by atoms with Crippen LogP contribution in [0.2, 0.25) is 0 Å². The third-order valence-electron chi connectivity index (χ3n) is 7.32. The number of cyclic esters (lactones) is 1. The average Bonchev–Trinajstić information content (AvgIpc) is 3.30. The first-order chi connectivity index (χ1) is 18.3. The van der Waals surface area contributed by atoms with E-state index < -0.39 is 12.1 Å². The maximum absolute atomic E-state index is 13.1. The highest BCUT2D eigenvalue weighted by atomic mass is 16.5. The highest BCUT2D eigenvalue weighted by molar-refractivity contribution is 5.93. The number of nitrogens with zero attached hydrogens (tertiary/aromatic N) is 2. The summed E-state index contributed by atoms with van der Waals surface area (Å²) in [5, 5.41) is 21.6. The number of amides is 1. The lowest BCUT2D eigenvalue weighted by atomic mass is 9.83. The number of nitrogens with one attached hydrogen (secondary N) is 1. The van der Waals surface area contributed by atoms with Crippen molar-refractivity contribution in [2.45, 2.75) is 66.2 Å². The van der Waals surface area contributed by atoms with Gasteiger partial charge in [-0.25, -0.2) is 9.78 Å². The second-order valence-electron chi connectivity index (χ2n) is 9.29. The van der Waals surface area contributed by atoms with Gasteiger partial charge in [-0.2, -0.15) is 0 Å². The zero-order valence-corrected chi connectivity index (χ0v) is 22.2. The third kappa shape index (κ3) is 4.48. The van der Waals surface area contributed by atoms with Crippen LogP contribution in [0, 0.1) is 13.8 Å². The SMILES string of the molecule is CC.Cc1cc2nc3c(c4c2c(c1C)CCC4)Cn1c-3cc2c(c1=O)COC(=O)C2O.NCC(=O)NCO. The normalized spacial score (nSPS) is 16.2. The molecule has 2 aromatic heterocycles. The molecule has 5 N–H and O–H groups in total. The minimum absolute atomic E-state index is 0.0689. The second kappa shape index (κ2) is 11.0. The van der Waals surface area contributed by atoms with Crippen LogP contribution in [0.1, 0.15) is 65.3 Å². The Hall–Kier alpha value is -3.60. The fourth-order valence-electron chi connectivity index (χ4n) is 5.40. The molecule has 4 heterocycles. The molecule has 0 spiro atoms. The van der Waals surface area contributed by atoms with Crippen molar-refractivity contribution in [3.63, 3.8) is 0 Å². The van der Waals surface area contributed by atoms with Crippen LogP contribution < -0.4 is 16.6 Å². The molecule has 6 rings (SSSR count). The lowest BCUT2D eigenvalue weighted by Gasteiger charge is -2.22. The van der Waals surface area contributed by atoms with Gasteiger partial charge in [-0.3, -0.25) is 9.59 Å². The first-order valence-electron chi connectivity index (χ1n) is 12.9. The topological polar surface area (TPSA) is 157 Å². The molecule has 0 radical (unpaired) electrons. The van der Waals surface area contributed by atoms with Gasteiger partial charge < -0.3 is 30.6 Å². The largest absolute Gasteiger partial charge is 0.458 e. The average molecular weight is 523 g/mol. The van der Waals surface area contributed by atoms with E-state index in [1.54, 1.807) is 10.6 Å². The number of aromatic nitrogens is 2. The predicted molar refractivity (Wildman–Crippen MR) is 142 cm³/mol. The molecule has 3 aliphatic rings. The Morgan fingerprint density at radius 3 is 2.53 bits per heavy atom. The Labute approximate surface area is 220 Å². The Bertz CT molecular complexity index is 1490. The molecule has 1 aromatic carbocycles. The first-order valence-corrected chi connectivity index (χ1v) is 12.9. The predicted octanol–water partition coefficient (Wildman–Crippen LogP) is 1.66. The van der Waals surface area contributed by atoms with Gasteiger partial charge in [0.1, 0.15) is 13.3 Å². The summed E-state index contributed by atoms with van der Waals surface area (Å²) in [5.74, 6) is -1.06. The Morgan fingerprint density at radius 1 is 1.16 bits per heavy atom. The second-order valence-corrected chi connectivity index (χ2v) is 9.29. The van der Waals surface area contributed by atoms with E-state index in [0.717, 1.165) is 36.0 Å². The van der Waals surface area contributed by atoms with Crippen LogP contribution in [0.3, 0.4) is 0 Å². The molecule has 1 amide bonds.